The molecule has 1 heterocycles. The van der Waals surface area contributed by atoms with Gasteiger partial charge in [-0.2, -0.15) is 0 Å². The number of Topliss-reactive ketones (excluding diaryl/α,β-unsaturated/α-hetero) is 1. The van der Waals surface area contributed by atoms with Gasteiger partial charge in [-0.15, -0.1) is 0 Å². The molecule has 1 saturated heterocycles. The minimum Gasteiger partial charge on any atom is -0.384 e. The third kappa shape index (κ3) is 3.87. The van der Waals surface area contributed by atoms with Gasteiger partial charge >= 0.3 is 0 Å². The molecule has 76 valence electrons. The van der Waals surface area contributed by atoms with Gasteiger partial charge in [0.05, 0.1) is 6.54 Å². The predicted molar refractivity (Wildman–Crippen MR) is 51.7 cm³/mol. The minimum absolute atomic E-state index is 0.269. The molecule has 0 bridgehead atoms. The van der Waals surface area contributed by atoms with Gasteiger partial charge in [0, 0.05) is 13.7 Å². The third-order valence-electron chi connectivity index (χ3n) is 2.56. The minimum atomic E-state index is 0.269. The van der Waals surface area contributed by atoms with Gasteiger partial charge in [-0.25, -0.2) is 0 Å². The lowest BCUT2D eigenvalue weighted by molar-refractivity contribution is -0.118. The zero-order chi connectivity index (χ0) is 9.68. The fourth-order valence-corrected chi connectivity index (χ4v) is 1.86. The van der Waals surface area contributed by atoms with Crippen molar-refractivity contribution in [2.24, 2.45) is 5.92 Å². The Bertz CT molecular complexity index is 162. The van der Waals surface area contributed by atoms with Crippen LogP contribution in [0, 0.1) is 5.92 Å². The summed E-state index contributed by atoms with van der Waals surface area (Å²) in [6.45, 7) is 5.25. The van der Waals surface area contributed by atoms with Gasteiger partial charge in [-0.3, -0.25) is 9.69 Å². The lowest BCUT2D eigenvalue weighted by atomic mass is 9.98. The van der Waals surface area contributed by atoms with Crippen LogP contribution in [0.2, 0.25) is 0 Å². The Morgan fingerprint density at radius 3 is 2.54 bits per heavy atom. The molecule has 0 N–H and O–H groups in total. The van der Waals surface area contributed by atoms with Gasteiger partial charge in [0.1, 0.15) is 5.78 Å². The molecule has 0 unspecified atom stereocenters. The van der Waals surface area contributed by atoms with Crippen molar-refractivity contribution in [1.82, 2.24) is 4.90 Å². The highest BCUT2D eigenvalue weighted by Gasteiger charge is 2.19. The zero-order valence-corrected chi connectivity index (χ0v) is 8.58. The summed E-state index contributed by atoms with van der Waals surface area (Å²) in [4.78, 5) is 13.1. The Morgan fingerprint density at radius 1 is 1.46 bits per heavy atom. The molecular formula is C10H19NO2. The molecule has 3 heteroatoms. The summed E-state index contributed by atoms with van der Waals surface area (Å²) in [6.07, 6.45) is 2.34. The number of carbonyl (C=O) groups is 1. The van der Waals surface area contributed by atoms with Gasteiger partial charge in [0.25, 0.3) is 0 Å². The second-order valence-corrected chi connectivity index (χ2v) is 3.88. The normalized spacial score (nSPS) is 20.5. The highest BCUT2D eigenvalue weighted by molar-refractivity contribution is 5.77. The molecule has 1 aliphatic heterocycles. The van der Waals surface area contributed by atoms with Crippen molar-refractivity contribution in [3.8, 4) is 0 Å². The van der Waals surface area contributed by atoms with Crippen LogP contribution in [-0.4, -0.2) is 44.0 Å². The van der Waals surface area contributed by atoms with E-state index < -0.39 is 0 Å². The molecule has 0 spiro atoms. The highest BCUT2D eigenvalue weighted by Crippen LogP contribution is 2.16. The lowest BCUT2D eigenvalue weighted by Gasteiger charge is -2.30. The maximum Gasteiger partial charge on any atom is 0.143 e. The van der Waals surface area contributed by atoms with Gasteiger partial charge in [0.15, 0.2) is 0 Å². The molecule has 13 heavy (non-hydrogen) atoms. The molecule has 0 radical (unpaired) electrons. The van der Waals surface area contributed by atoms with Crippen LogP contribution < -0.4 is 0 Å². The molecule has 0 aromatic rings. The summed E-state index contributed by atoms with van der Waals surface area (Å²) < 4.78 is 5.11. The van der Waals surface area contributed by atoms with Crippen molar-refractivity contribution >= 4 is 5.78 Å². The largest absolute Gasteiger partial charge is 0.384 e. The zero-order valence-electron chi connectivity index (χ0n) is 8.58. The van der Waals surface area contributed by atoms with Crippen LogP contribution in [-0.2, 0) is 9.53 Å². The maximum atomic E-state index is 10.9. The Hall–Kier alpha value is -0.410. The van der Waals surface area contributed by atoms with Crippen LogP contribution in [0.15, 0.2) is 0 Å². The van der Waals surface area contributed by atoms with Crippen molar-refractivity contribution in [2.75, 3.05) is 33.4 Å². The first-order valence-corrected chi connectivity index (χ1v) is 4.93. The summed E-state index contributed by atoms with van der Waals surface area (Å²) in [5.41, 5.74) is 0. The average molecular weight is 185 g/mol. The molecule has 3 nitrogen and oxygen atoms in total. The van der Waals surface area contributed by atoms with Crippen molar-refractivity contribution < 1.29 is 9.53 Å². The first-order chi connectivity index (χ1) is 6.22. The number of likely N-dealkylation sites (tertiary alicyclic amines) is 1. The fraction of sp³-hybridized carbons (Fsp3) is 0.900. The number of ketones is 1. The number of ether oxygens (including phenoxy) is 1. The van der Waals surface area contributed by atoms with Crippen LogP contribution in [0.3, 0.4) is 0 Å². The standard InChI is InChI=1S/C10H19NO2/c1-9(12)7-11-5-3-10(4-6-11)8-13-2/h10H,3-8H2,1-2H3. The van der Waals surface area contributed by atoms with Crippen LogP contribution in [0.25, 0.3) is 0 Å². The van der Waals surface area contributed by atoms with E-state index in [9.17, 15) is 4.79 Å². The molecule has 0 atom stereocenters. The van der Waals surface area contributed by atoms with Crippen molar-refractivity contribution in [3.05, 3.63) is 0 Å². The number of hydrogen-bond donors (Lipinski definition) is 0. The SMILES string of the molecule is COCC1CCN(CC(C)=O)CC1. The van der Waals surface area contributed by atoms with E-state index in [1.807, 2.05) is 0 Å². The summed E-state index contributed by atoms with van der Waals surface area (Å²) in [5, 5.41) is 0. The number of rotatable bonds is 4. The average Bonchev–Trinajstić information content (AvgIpc) is 2.08. The number of carbonyl (C=O) groups excluding carboxylic acids is 1. The molecule has 1 aliphatic rings. The topological polar surface area (TPSA) is 29.5 Å². The lowest BCUT2D eigenvalue weighted by Crippen LogP contribution is -2.37. The van der Waals surface area contributed by atoms with Gasteiger partial charge < -0.3 is 4.74 Å². The van der Waals surface area contributed by atoms with Crippen molar-refractivity contribution in [2.45, 2.75) is 19.8 Å². The number of nitrogens with zero attached hydrogens (tertiary/aromatic N) is 1. The molecule has 0 amide bonds. The van der Waals surface area contributed by atoms with Crippen LogP contribution >= 0.6 is 0 Å². The molecular weight excluding hydrogens is 166 g/mol. The summed E-state index contributed by atoms with van der Waals surface area (Å²) in [6, 6.07) is 0. The highest BCUT2D eigenvalue weighted by atomic mass is 16.5. The smallest absolute Gasteiger partial charge is 0.143 e. The number of hydrogen-bond acceptors (Lipinski definition) is 3. The van der Waals surface area contributed by atoms with E-state index in [-0.39, 0.29) is 5.78 Å². The second kappa shape index (κ2) is 5.35. The molecule has 0 saturated carbocycles. The van der Waals surface area contributed by atoms with E-state index in [1.54, 1.807) is 14.0 Å². The molecule has 0 aliphatic carbocycles. The van der Waals surface area contributed by atoms with Crippen LogP contribution in [0.5, 0.6) is 0 Å². The summed E-state index contributed by atoms with van der Waals surface area (Å²) in [5.74, 6) is 0.971. The van der Waals surface area contributed by atoms with Gasteiger partial charge in [-0.1, -0.05) is 0 Å². The Morgan fingerprint density at radius 2 is 2.08 bits per heavy atom. The number of piperidine rings is 1. The van der Waals surface area contributed by atoms with E-state index in [0.717, 1.165) is 19.7 Å². The van der Waals surface area contributed by atoms with E-state index in [2.05, 4.69) is 4.90 Å². The molecule has 0 aromatic heterocycles. The first-order valence-electron chi connectivity index (χ1n) is 4.93. The van der Waals surface area contributed by atoms with E-state index in [1.165, 1.54) is 12.8 Å². The van der Waals surface area contributed by atoms with E-state index in [0.29, 0.717) is 12.5 Å². The molecule has 0 aromatic carbocycles. The molecule has 1 rings (SSSR count). The predicted octanol–water partition coefficient (Wildman–Crippen LogP) is 0.934. The Labute approximate surface area is 80.1 Å². The maximum absolute atomic E-state index is 10.9. The Balaban J connectivity index is 2.18. The third-order valence-corrected chi connectivity index (χ3v) is 2.56. The quantitative estimate of drug-likeness (QED) is 0.652. The summed E-state index contributed by atoms with van der Waals surface area (Å²) >= 11 is 0. The van der Waals surface area contributed by atoms with E-state index >= 15 is 0 Å². The monoisotopic (exact) mass is 185 g/mol. The van der Waals surface area contributed by atoms with Crippen molar-refractivity contribution in [3.63, 3.8) is 0 Å². The van der Waals surface area contributed by atoms with Crippen LogP contribution in [0.4, 0.5) is 0 Å². The number of methoxy groups -OCH3 is 1. The fourth-order valence-electron chi connectivity index (χ4n) is 1.86. The van der Waals surface area contributed by atoms with Crippen molar-refractivity contribution in [1.29, 1.82) is 0 Å². The van der Waals surface area contributed by atoms with Gasteiger partial charge in [0.2, 0.25) is 0 Å². The Kier molecular flexibility index (Phi) is 4.39. The van der Waals surface area contributed by atoms with Gasteiger partial charge in [-0.05, 0) is 38.8 Å². The second-order valence-electron chi connectivity index (χ2n) is 3.88. The summed E-state index contributed by atoms with van der Waals surface area (Å²) in [7, 11) is 1.75. The van der Waals surface area contributed by atoms with Crippen LogP contribution in [0.1, 0.15) is 19.8 Å². The molecule has 1 fully saturated rings. The first kappa shape index (κ1) is 10.7. The van der Waals surface area contributed by atoms with E-state index in [4.69, 9.17) is 4.74 Å².